The summed E-state index contributed by atoms with van der Waals surface area (Å²) in [5.74, 6) is 0.368. The van der Waals surface area contributed by atoms with Crippen molar-refractivity contribution in [1.82, 2.24) is 15.1 Å². The molecule has 3 fully saturated rings. The van der Waals surface area contributed by atoms with Crippen molar-refractivity contribution in [3.63, 3.8) is 0 Å². The number of benzene rings is 2. The third kappa shape index (κ3) is 5.69. The van der Waals surface area contributed by atoms with Crippen molar-refractivity contribution < 1.29 is 13.9 Å². The van der Waals surface area contributed by atoms with E-state index in [1.807, 2.05) is 23.0 Å². The number of hydrogen-bond donors (Lipinski definition) is 3. The van der Waals surface area contributed by atoms with E-state index in [2.05, 4.69) is 46.6 Å². The lowest BCUT2D eigenvalue weighted by atomic mass is 9.75. The van der Waals surface area contributed by atoms with Gasteiger partial charge in [0, 0.05) is 42.4 Å². The second kappa shape index (κ2) is 10.9. The van der Waals surface area contributed by atoms with Gasteiger partial charge in [-0.2, -0.15) is 26.2 Å². The Kier molecular flexibility index (Phi) is 7.25. The molecule has 1 saturated heterocycles. The number of amides is 1. The van der Waals surface area contributed by atoms with E-state index in [1.54, 1.807) is 12.1 Å². The Balaban J connectivity index is 1.34. The van der Waals surface area contributed by atoms with Crippen LogP contribution in [0.15, 0.2) is 54.7 Å². The van der Waals surface area contributed by atoms with Crippen LogP contribution in [-0.4, -0.2) is 54.9 Å². The van der Waals surface area contributed by atoms with Crippen molar-refractivity contribution in [3.8, 4) is 29.0 Å². The van der Waals surface area contributed by atoms with Gasteiger partial charge in [0.2, 0.25) is 5.91 Å². The zero-order valence-corrected chi connectivity index (χ0v) is 23.7. The molecule has 212 valence electrons. The second-order valence-electron chi connectivity index (χ2n) is 11.5. The molecule has 2 saturated carbocycles. The number of carbonyl (C=O) groups excluding carboxylic acids is 1. The SMILES string of the molecule is N#Cc1ccc(-n2cc(-c3ccc(N4CCS(O)(O)CC4)cc3)c([C@@H]3CCCC[C@H]3C(=O)NC3(C#N)CC3)n2)cc1. The van der Waals surface area contributed by atoms with Gasteiger partial charge in [0.25, 0.3) is 0 Å². The highest BCUT2D eigenvalue weighted by atomic mass is 32.3. The molecule has 1 amide bonds. The molecule has 2 aliphatic carbocycles. The molecule has 3 N–H and O–H groups in total. The molecule has 2 aromatic carbocycles. The third-order valence-corrected chi connectivity index (χ3v) is 10.4. The van der Waals surface area contributed by atoms with Crippen LogP contribution >= 0.6 is 10.6 Å². The molecule has 41 heavy (non-hydrogen) atoms. The van der Waals surface area contributed by atoms with Crippen LogP contribution in [0.1, 0.15) is 55.7 Å². The molecule has 3 aromatic rings. The standard InChI is InChI=1S/C31H34N6O3S/c32-19-22-5-9-25(10-6-22)37-20-28(23-7-11-24(12-8-23)36-15-17-41(39,40)18-16-36)29(35-37)26-3-1-2-4-27(26)30(38)34-31(21-33)13-14-31/h5-12,20,26-27,39-40H,1-4,13-18H2,(H,34,38)/t26-,27-/m1/s1. The van der Waals surface area contributed by atoms with Gasteiger partial charge in [-0.3, -0.25) is 13.9 Å². The molecule has 2 heterocycles. The zero-order valence-electron chi connectivity index (χ0n) is 22.9. The van der Waals surface area contributed by atoms with Gasteiger partial charge in [0.1, 0.15) is 5.54 Å². The number of nitriles is 2. The summed E-state index contributed by atoms with van der Waals surface area (Å²) < 4.78 is 21.8. The van der Waals surface area contributed by atoms with Crippen LogP contribution in [0, 0.1) is 28.6 Å². The summed E-state index contributed by atoms with van der Waals surface area (Å²) in [6.45, 7) is 1.21. The number of hydrogen-bond acceptors (Lipinski definition) is 7. The lowest BCUT2D eigenvalue weighted by Gasteiger charge is -2.41. The van der Waals surface area contributed by atoms with Crippen molar-refractivity contribution in [2.45, 2.75) is 50.0 Å². The van der Waals surface area contributed by atoms with E-state index in [1.165, 1.54) is 0 Å². The molecule has 0 bridgehead atoms. The lowest BCUT2D eigenvalue weighted by Crippen LogP contribution is -2.42. The predicted octanol–water partition coefficient (Wildman–Crippen LogP) is 5.43. The summed E-state index contributed by atoms with van der Waals surface area (Å²) >= 11 is 0. The minimum atomic E-state index is -2.46. The maximum atomic E-state index is 13.5. The summed E-state index contributed by atoms with van der Waals surface area (Å²) in [6, 6.07) is 20.0. The van der Waals surface area contributed by atoms with E-state index in [0.717, 1.165) is 53.9 Å². The van der Waals surface area contributed by atoms with Crippen molar-refractivity contribution >= 4 is 22.2 Å². The van der Waals surface area contributed by atoms with Crippen molar-refractivity contribution in [2.24, 2.45) is 5.92 Å². The van der Waals surface area contributed by atoms with Gasteiger partial charge in [-0.25, -0.2) is 4.68 Å². The maximum Gasteiger partial charge on any atom is 0.225 e. The third-order valence-electron chi connectivity index (χ3n) is 8.70. The van der Waals surface area contributed by atoms with E-state index in [9.17, 15) is 24.4 Å². The van der Waals surface area contributed by atoms with Crippen LogP contribution < -0.4 is 10.2 Å². The first-order valence-corrected chi connectivity index (χ1v) is 16.1. The average molecular weight is 571 g/mol. The van der Waals surface area contributed by atoms with Crippen molar-refractivity contribution in [2.75, 3.05) is 29.5 Å². The largest absolute Gasteiger partial charge is 0.368 e. The molecule has 0 spiro atoms. The average Bonchev–Trinajstić information content (AvgIpc) is 3.63. The van der Waals surface area contributed by atoms with Crippen molar-refractivity contribution in [3.05, 3.63) is 66.0 Å². The Hall–Kier alpha value is -3.83. The Labute approximate surface area is 241 Å². The lowest BCUT2D eigenvalue weighted by molar-refractivity contribution is -0.127. The highest BCUT2D eigenvalue weighted by Crippen LogP contribution is 2.44. The number of aromatic nitrogens is 2. The summed E-state index contributed by atoms with van der Waals surface area (Å²) in [5, 5.41) is 26.9. The van der Waals surface area contributed by atoms with Gasteiger partial charge in [0.15, 0.2) is 0 Å². The Morgan fingerprint density at radius 2 is 1.63 bits per heavy atom. The van der Waals surface area contributed by atoms with Crippen LogP contribution in [0.2, 0.25) is 0 Å². The number of anilines is 1. The smallest absolute Gasteiger partial charge is 0.225 e. The zero-order chi connectivity index (χ0) is 28.6. The van der Waals surface area contributed by atoms with Gasteiger partial charge in [-0.05, 0) is 67.6 Å². The number of nitrogens with one attached hydrogen (secondary N) is 1. The van der Waals surface area contributed by atoms with E-state index >= 15 is 0 Å². The first kappa shape index (κ1) is 27.3. The quantitative estimate of drug-likeness (QED) is 0.359. The number of rotatable bonds is 6. The molecule has 10 heteroatoms. The minimum absolute atomic E-state index is 0.0564. The Morgan fingerprint density at radius 3 is 2.27 bits per heavy atom. The van der Waals surface area contributed by atoms with Crippen LogP contribution in [0.4, 0.5) is 5.69 Å². The molecule has 9 nitrogen and oxygen atoms in total. The number of nitrogens with zero attached hydrogens (tertiary/aromatic N) is 5. The van der Waals surface area contributed by atoms with E-state index in [-0.39, 0.29) is 17.7 Å². The molecule has 2 atom stereocenters. The van der Waals surface area contributed by atoms with Gasteiger partial charge in [0.05, 0.1) is 40.6 Å². The highest BCUT2D eigenvalue weighted by molar-refractivity contribution is 8.24. The number of carbonyl (C=O) groups is 1. The molecule has 6 rings (SSSR count). The topological polar surface area (TPSA) is 138 Å². The molecule has 0 radical (unpaired) electrons. The van der Waals surface area contributed by atoms with Crippen LogP contribution in [-0.2, 0) is 4.79 Å². The van der Waals surface area contributed by atoms with Crippen LogP contribution in [0.3, 0.4) is 0 Å². The first-order valence-electron chi connectivity index (χ1n) is 14.2. The van der Waals surface area contributed by atoms with Gasteiger partial charge >= 0.3 is 0 Å². The first-order chi connectivity index (χ1) is 19.8. The van der Waals surface area contributed by atoms with Crippen LogP contribution in [0.25, 0.3) is 16.8 Å². The normalized spacial score (nSPS) is 23.6. The summed E-state index contributed by atoms with van der Waals surface area (Å²) in [5.41, 5.74) is 4.55. The van der Waals surface area contributed by atoms with Gasteiger partial charge in [-0.1, -0.05) is 25.0 Å². The van der Waals surface area contributed by atoms with E-state index < -0.39 is 16.1 Å². The monoisotopic (exact) mass is 570 g/mol. The Bertz CT molecular complexity index is 1510. The van der Waals surface area contributed by atoms with Crippen molar-refractivity contribution in [1.29, 1.82) is 10.5 Å². The summed E-state index contributed by atoms with van der Waals surface area (Å²) in [7, 11) is -2.46. The van der Waals surface area contributed by atoms with Crippen LogP contribution in [0.5, 0.6) is 0 Å². The molecular weight excluding hydrogens is 536 g/mol. The molecule has 0 unspecified atom stereocenters. The molecule has 3 aliphatic rings. The van der Waals surface area contributed by atoms with Gasteiger partial charge in [-0.15, -0.1) is 0 Å². The minimum Gasteiger partial charge on any atom is -0.368 e. The van der Waals surface area contributed by atoms with E-state index in [4.69, 9.17) is 5.10 Å². The fourth-order valence-electron chi connectivity index (χ4n) is 6.03. The Morgan fingerprint density at radius 1 is 0.976 bits per heavy atom. The summed E-state index contributed by atoms with van der Waals surface area (Å²) in [4.78, 5) is 15.7. The second-order valence-corrected chi connectivity index (χ2v) is 13.9. The highest BCUT2D eigenvalue weighted by Gasteiger charge is 2.47. The molecule has 1 aromatic heterocycles. The summed E-state index contributed by atoms with van der Waals surface area (Å²) in [6.07, 6.45) is 6.98. The fourth-order valence-corrected chi connectivity index (χ4v) is 7.26. The predicted molar refractivity (Wildman–Crippen MR) is 159 cm³/mol. The molecular formula is C31H34N6O3S. The van der Waals surface area contributed by atoms with E-state index in [0.29, 0.717) is 43.0 Å². The van der Waals surface area contributed by atoms with Gasteiger partial charge < -0.3 is 10.2 Å². The maximum absolute atomic E-state index is 13.5. The molecule has 1 aliphatic heterocycles. The fraction of sp³-hybridized carbons (Fsp3) is 0.419.